The van der Waals surface area contributed by atoms with Gasteiger partial charge >= 0.3 is 0 Å². The van der Waals surface area contributed by atoms with Crippen molar-refractivity contribution in [1.82, 2.24) is 5.16 Å². The second kappa shape index (κ2) is 4.12. The topological polar surface area (TPSA) is 52.3 Å². The number of carbonyl (C=O) groups excluding carboxylic acids is 1. The van der Waals surface area contributed by atoms with Gasteiger partial charge in [-0.2, -0.15) is 0 Å². The van der Waals surface area contributed by atoms with Crippen LogP contribution >= 0.6 is 15.9 Å². The first-order valence-electron chi connectivity index (χ1n) is 2.95. The summed E-state index contributed by atoms with van der Waals surface area (Å²) in [7, 11) is 0. The maximum Gasteiger partial charge on any atom is 0.294 e. The molecule has 0 spiro atoms. The molecular weight excluding hydrogens is 214 g/mol. The molecule has 0 amide bonds. The Balaban J connectivity index is 2.37. The van der Waals surface area contributed by atoms with Crippen LogP contribution in [0.15, 0.2) is 16.8 Å². The van der Waals surface area contributed by atoms with Crippen molar-refractivity contribution < 1.29 is 14.1 Å². The van der Waals surface area contributed by atoms with Crippen molar-refractivity contribution in [2.75, 3.05) is 0 Å². The highest BCUT2D eigenvalue weighted by molar-refractivity contribution is 9.09. The highest BCUT2D eigenvalue weighted by atomic mass is 79.9. The Kier molecular flexibility index (Phi) is 3.10. The first-order valence-corrected chi connectivity index (χ1v) is 3.87. The standard InChI is InChI=1S/C6H6BrNO3/c7-6(10-4-9)3-5-1-2-8-11-5/h1-2,4,6H,3H2. The third kappa shape index (κ3) is 2.71. The quantitative estimate of drug-likeness (QED) is 0.563. The summed E-state index contributed by atoms with van der Waals surface area (Å²) in [5.74, 6) is 0.675. The number of aromatic nitrogens is 1. The molecule has 0 bridgehead atoms. The van der Waals surface area contributed by atoms with E-state index in [-0.39, 0.29) is 5.01 Å². The molecule has 1 aromatic rings. The lowest BCUT2D eigenvalue weighted by Gasteiger charge is -2.02. The van der Waals surface area contributed by atoms with E-state index in [2.05, 4.69) is 25.8 Å². The van der Waals surface area contributed by atoms with Crippen molar-refractivity contribution >= 4 is 22.4 Å². The Morgan fingerprint density at radius 1 is 1.91 bits per heavy atom. The van der Waals surface area contributed by atoms with E-state index in [0.29, 0.717) is 18.7 Å². The van der Waals surface area contributed by atoms with Crippen LogP contribution in [0.5, 0.6) is 0 Å². The molecule has 0 saturated heterocycles. The van der Waals surface area contributed by atoms with Crippen LogP contribution in [0.3, 0.4) is 0 Å². The van der Waals surface area contributed by atoms with Gasteiger partial charge in [-0.3, -0.25) is 4.79 Å². The second-order valence-electron chi connectivity index (χ2n) is 1.83. The highest BCUT2D eigenvalue weighted by Gasteiger charge is 2.07. The van der Waals surface area contributed by atoms with Crippen LogP contribution < -0.4 is 0 Å². The van der Waals surface area contributed by atoms with Gasteiger partial charge < -0.3 is 9.26 Å². The first-order chi connectivity index (χ1) is 5.33. The maximum absolute atomic E-state index is 9.85. The summed E-state index contributed by atoms with van der Waals surface area (Å²) in [6, 6.07) is 1.71. The van der Waals surface area contributed by atoms with Crippen molar-refractivity contribution in [3.8, 4) is 0 Å². The Hall–Kier alpha value is -0.840. The van der Waals surface area contributed by atoms with E-state index < -0.39 is 0 Å². The second-order valence-corrected chi connectivity index (χ2v) is 2.85. The molecule has 0 radical (unpaired) electrons. The monoisotopic (exact) mass is 219 g/mol. The minimum absolute atomic E-state index is 0.340. The van der Waals surface area contributed by atoms with Gasteiger partial charge in [-0.15, -0.1) is 0 Å². The molecule has 0 saturated carbocycles. The molecule has 11 heavy (non-hydrogen) atoms. The number of ether oxygens (including phenoxy) is 1. The number of halogens is 1. The van der Waals surface area contributed by atoms with Crippen LogP contribution in [0.4, 0.5) is 0 Å². The number of nitrogens with zero attached hydrogens (tertiary/aromatic N) is 1. The molecule has 1 heterocycles. The number of rotatable bonds is 4. The molecule has 0 aliphatic rings. The van der Waals surface area contributed by atoms with E-state index in [9.17, 15) is 4.79 Å². The van der Waals surface area contributed by atoms with E-state index in [4.69, 9.17) is 4.52 Å². The molecule has 0 aliphatic heterocycles. The van der Waals surface area contributed by atoms with E-state index in [1.54, 1.807) is 6.07 Å². The Bertz CT molecular complexity index is 212. The van der Waals surface area contributed by atoms with Crippen LogP contribution in [0.25, 0.3) is 0 Å². The first kappa shape index (κ1) is 8.26. The fraction of sp³-hybridized carbons (Fsp3) is 0.333. The average Bonchev–Trinajstić information content (AvgIpc) is 2.40. The largest absolute Gasteiger partial charge is 0.452 e. The predicted molar refractivity (Wildman–Crippen MR) is 40.1 cm³/mol. The minimum atomic E-state index is -0.340. The average molecular weight is 220 g/mol. The van der Waals surface area contributed by atoms with Crippen molar-refractivity contribution in [3.63, 3.8) is 0 Å². The smallest absolute Gasteiger partial charge is 0.294 e. The fourth-order valence-electron chi connectivity index (χ4n) is 0.614. The molecule has 1 unspecified atom stereocenters. The van der Waals surface area contributed by atoms with E-state index in [0.717, 1.165) is 0 Å². The Morgan fingerprint density at radius 2 is 2.73 bits per heavy atom. The van der Waals surface area contributed by atoms with Gasteiger partial charge in [-0.1, -0.05) is 5.16 Å². The molecule has 0 aliphatic carbocycles. The third-order valence-electron chi connectivity index (χ3n) is 1.06. The van der Waals surface area contributed by atoms with Crippen molar-refractivity contribution in [2.24, 2.45) is 0 Å². The van der Waals surface area contributed by atoms with E-state index in [1.165, 1.54) is 6.20 Å². The number of hydrogen-bond acceptors (Lipinski definition) is 4. The zero-order chi connectivity index (χ0) is 8.10. The maximum atomic E-state index is 9.85. The van der Waals surface area contributed by atoms with Crippen molar-refractivity contribution in [3.05, 3.63) is 18.0 Å². The van der Waals surface area contributed by atoms with Gasteiger partial charge in [-0.25, -0.2) is 0 Å². The number of carbonyl (C=O) groups is 1. The van der Waals surface area contributed by atoms with Gasteiger partial charge in [0, 0.05) is 6.07 Å². The number of hydrogen-bond donors (Lipinski definition) is 0. The van der Waals surface area contributed by atoms with Crippen LogP contribution in [0.1, 0.15) is 5.76 Å². The van der Waals surface area contributed by atoms with Gasteiger partial charge in [-0.05, 0) is 15.9 Å². The van der Waals surface area contributed by atoms with Crippen LogP contribution in [-0.4, -0.2) is 16.6 Å². The van der Waals surface area contributed by atoms with Gasteiger partial charge in [0.05, 0.1) is 12.6 Å². The molecule has 0 N–H and O–H groups in total. The Labute approximate surface area is 71.6 Å². The molecular formula is C6H6BrNO3. The lowest BCUT2D eigenvalue weighted by molar-refractivity contribution is -0.129. The molecule has 0 fully saturated rings. The summed E-state index contributed by atoms with van der Waals surface area (Å²) in [5, 5.41) is 3.16. The SMILES string of the molecule is O=COC(Br)Cc1ccno1. The van der Waals surface area contributed by atoms with Gasteiger partial charge in [0.25, 0.3) is 6.47 Å². The predicted octanol–water partition coefficient (Wildman–Crippen LogP) is 1.11. The van der Waals surface area contributed by atoms with Crippen LogP contribution in [0.2, 0.25) is 0 Å². The summed E-state index contributed by atoms with van der Waals surface area (Å²) in [6.45, 7) is 0.385. The molecule has 0 aromatic carbocycles. The third-order valence-corrected chi connectivity index (χ3v) is 1.60. The molecule has 1 rings (SSSR count). The molecule has 5 heteroatoms. The summed E-state index contributed by atoms with van der Waals surface area (Å²) in [5.41, 5.74) is 0. The molecule has 1 aromatic heterocycles. The zero-order valence-electron chi connectivity index (χ0n) is 5.57. The van der Waals surface area contributed by atoms with Crippen molar-refractivity contribution in [1.29, 1.82) is 0 Å². The summed E-state index contributed by atoms with van der Waals surface area (Å²) in [4.78, 5) is 9.85. The molecule has 4 nitrogen and oxygen atoms in total. The van der Waals surface area contributed by atoms with E-state index >= 15 is 0 Å². The zero-order valence-corrected chi connectivity index (χ0v) is 7.15. The van der Waals surface area contributed by atoms with Gasteiger partial charge in [0.2, 0.25) is 0 Å². The lowest BCUT2D eigenvalue weighted by atomic mass is 10.3. The summed E-state index contributed by atoms with van der Waals surface area (Å²) >= 11 is 3.12. The fourth-order valence-corrected chi connectivity index (χ4v) is 1.02. The van der Waals surface area contributed by atoms with Crippen LogP contribution in [0, 0.1) is 0 Å². The summed E-state index contributed by atoms with van der Waals surface area (Å²) in [6.07, 6.45) is 2.02. The molecule has 60 valence electrons. The van der Waals surface area contributed by atoms with Gasteiger partial charge in [0.1, 0.15) is 5.76 Å². The minimum Gasteiger partial charge on any atom is -0.452 e. The number of alkyl halides is 1. The summed E-state index contributed by atoms with van der Waals surface area (Å²) < 4.78 is 9.34. The van der Waals surface area contributed by atoms with Gasteiger partial charge in [0.15, 0.2) is 5.01 Å². The van der Waals surface area contributed by atoms with Crippen LogP contribution in [-0.2, 0) is 16.0 Å². The van der Waals surface area contributed by atoms with Crippen molar-refractivity contribution in [2.45, 2.75) is 11.4 Å². The molecule has 1 atom stereocenters. The lowest BCUT2D eigenvalue weighted by Crippen LogP contribution is -2.05. The van der Waals surface area contributed by atoms with E-state index in [1.807, 2.05) is 0 Å². The normalized spacial score (nSPS) is 12.5. The highest BCUT2D eigenvalue weighted by Crippen LogP contribution is 2.09. The Morgan fingerprint density at radius 3 is 3.27 bits per heavy atom.